The Bertz CT molecular complexity index is 904. The standard InChI is InChI=1S/C16H17N5O2/c1-9(2)21-12(6-7-17-21)5-4-11-8-13(16(22)23)14-10(3)19-20-15(14)18-11/h4-9H,1-3H3,(H,22,23)(H,18,19,20). The lowest BCUT2D eigenvalue weighted by molar-refractivity contribution is 0.0699. The molecule has 7 nitrogen and oxygen atoms in total. The highest BCUT2D eigenvalue weighted by Gasteiger charge is 2.15. The van der Waals surface area contributed by atoms with Crippen LogP contribution in [0, 0.1) is 6.92 Å². The van der Waals surface area contributed by atoms with Gasteiger partial charge in [0.1, 0.15) is 0 Å². The Labute approximate surface area is 132 Å². The van der Waals surface area contributed by atoms with Gasteiger partial charge in [-0.15, -0.1) is 0 Å². The van der Waals surface area contributed by atoms with Gasteiger partial charge in [0, 0.05) is 17.9 Å². The Hall–Kier alpha value is -2.96. The maximum atomic E-state index is 11.5. The van der Waals surface area contributed by atoms with Crippen LogP contribution in [0.5, 0.6) is 0 Å². The molecule has 118 valence electrons. The lowest BCUT2D eigenvalue weighted by atomic mass is 10.1. The third-order valence-electron chi connectivity index (χ3n) is 3.57. The molecule has 0 aliphatic rings. The second-order valence-electron chi connectivity index (χ2n) is 5.57. The summed E-state index contributed by atoms with van der Waals surface area (Å²) >= 11 is 0. The summed E-state index contributed by atoms with van der Waals surface area (Å²) in [6, 6.07) is 3.69. The summed E-state index contributed by atoms with van der Waals surface area (Å²) in [5.41, 5.74) is 2.76. The lowest BCUT2D eigenvalue weighted by Gasteiger charge is -2.07. The molecule has 0 spiro atoms. The van der Waals surface area contributed by atoms with E-state index in [1.807, 2.05) is 30.7 Å². The smallest absolute Gasteiger partial charge is 0.336 e. The number of aromatic nitrogens is 5. The van der Waals surface area contributed by atoms with Crippen molar-refractivity contribution in [2.45, 2.75) is 26.8 Å². The van der Waals surface area contributed by atoms with Crippen LogP contribution >= 0.6 is 0 Å². The zero-order chi connectivity index (χ0) is 16.6. The maximum Gasteiger partial charge on any atom is 0.336 e. The van der Waals surface area contributed by atoms with Gasteiger partial charge in [-0.1, -0.05) is 0 Å². The van der Waals surface area contributed by atoms with Crippen LogP contribution in [0.4, 0.5) is 0 Å². The van der Waals surface area contributed by atoms with E-state index >= 15 is 0 Å². The Morgan fingerprint density at radius 1 is 1.39 bits per heavy atom. The van der Waals surface area contributed by atoms with Crippen LogP contribution in [0.1, 0.15) is 47.3 Å². The van der Waals surface area contributed by atoms with E-state index < -0.39 is 5.97 Å². The number of carboxylic acids is 1. The van der Waals surface area contributed by atoms with Crippen LogP contribution in [-0.2, 0) is 0 Å². The average Bonchev–Trinajstić information content (AvgIpc) is 3.11. The topological polar surface area (TPSA) is 96.7 Å². The number of fused-ring (bicyclic) bond motifs is 1. The molecule has 3 rings (SSSR count). The van der Waals surface area contributed by atoms with Crippen LogP contribution in [0.3, 0.4) is 0 Å². The predicted octanol–water partition coefficient (Wildman–Crippen LogP) is 2.91. The normalized spacial score (nSPS) is 11.8. The monoisotopic (exact) mass is 311 g/mol. The van der Waals surface area contributed by atoms with Crippen LogP contribution in [0.15, 0.2) is 18.3 Å². The molecular weight excluding hydrogens is 294 g/mol. The Morgan fingerprint density at radius 3 is 2.87 bits per heavy atom. The minimum absolute atomic E-state index is 0.193. The van der Waals surface area contributed by atoms with Gasteiger partial charge in [-0.25, -0.2) is 9.78 Å². The lowest BCUT2D eigenvalue weighted by Crippen LogP contribution is -2.04. The molecule has 0 atom stereocenters. The Balaban J connectivity index is 2.05. The first-order valence-corrected chi connectivity index (χ1v) is 7.28. The number of rotatable bonds is 4. The van der Waals surface area contributed by atoms with Gasteiger partial charge in [0.05, 0.1) is 22.3 Å². The van der Waals surface area contributed by atoms with Crippen LogP contribution in [0.2, 0.25) is 0 Å². The van der Waals surface area contributed by atoms with Crippen molar-refractivity contribution in [1.82, 2.24) is 25.0 Å². The first-order chi connectivity index (χ1) is 11.0. The van der Waals surface area contributed by atoms with Crippen molar-refractivity contribution in [2.24, 2.45) is 0 Å². The number of hydrogen-bond donors (Lipinski definition) is 2. The van der Waals surface area contributed by atoms with E-state index in [4.69, 9.17) is 0 Å². The Kier molecular flexibility index (Phi) is 3.69. The van der Waals surface area contributed by atoms with Crippen LogP contribution in [-0.4, -0.2) is 36.0 Å². The number of nitrogens with one attached hydrogen (secondary N) is 1. The first kappa shape index (κ1) is 15.0. The minimum Gasteiger partial charge on any atom is -0.478 e. The summed E-state index contributed by atoms with van der Waals surface area (Å²) in [6.45, 7) is 5.87. The van der Waals surface area contributed by atoms with Crippen LogP contribution in [0.25, 0.3) is 23.2 Å². The number of aromatic carboxylic acids is 1. The summed E-state index contributed by atoms with van der Waals surface area (Å²) < 4.78 is 1.88. The molecule has 23 heavy (non-hydrogen) atoms. The zero-order valence-corrected chi connectivity index (χ0v) is 13.1. The van der Waals surface area contributed by atoms with E-state index in [1.54, 1.807) is 25.3 Å². The van der Waals surface area contributed by atoms with Crippen molar-refractivity contribution >= 4 is 29.2 Å². The van der Waals surface area contributed by atoms with Gasteiger partial charge >= 0.3 is 5.97 Å². The van der Waals surface area contributed by atoms with E-state index in [2.05, 4.69) is 20.3 Å². The Morgan fingerprint density at radius 2 is 2.17 bits per heavy atom. The van der Waals surface area contributed by atoms with E-state index in [1.165, 1.54) is 0 Å². The molecule has 0 bridgehead atoms. The van der Waals surface area contributed by atoms with Crippen molar-refractivity contribution in [3.05, 3.63) is 41.0 Å². The molecule has 3 aromatic heterocycles. The molecule has 0 fully saturated rings. The average molecular weight is 311 g/mol. The number of nitrogens with zero attached hydrogens (tertiary/aromatic N) is 4. The zero-order valence-electron chi connectivity index (χ0n) is 13.1. The number of aromatic amines is 1. The molecule has 0 aromatic carbocycles. The molecule has 0 unspecified atom stereocenters. The quantitative estimate of drug-likeness (QED) is 0.772. The number of carboxylic acid groups (broad SMARTS) is 1. The molecule has 0 saturated carbocycles. The summed E-state index contributed by atoms with van der Waals surface area (Å²) in [5.74, 6) is -0.997. The number of pyridine rings is 1. The predicted molar refractivity (Wildman–Crippen MR) is 87.1 cm³/mol. The molecule has 0 radical (unpaired) electrons. The number of H-pyrrole nitrogens is 1. The molecule has 0 aliphatic carbocycles. The molecule has 7 heteroatoms. The summed E-state index contributed by atoms with van der Waals surface area (Å²) in [7, 11) is 0. The number of carbonyl (C=O) groups is 1. The van der Waals surface area contributed by atoms with Gasteiger partial charge in [-0.3, -0.25) is 9.78 Å². The molecule has 0 saturated heterocycles. The van der Waals surface area contributed by atoms with Crippen molar-refractivity contribution in [3.63, 3.8) is 0 Å². The second-order valence-corrected chi connectivity index (χ2v) is 5.57. The van der Waals surface area contributed by atoms with E-state index in [0.29, 0.717) is 22.4 Å². The fraction of sp³-hybridized carbons (Fsp3) is 0.250. The third kappa shape index (κ3) is 2.73. The summed E-state index contributed by atoms with van der Waals surface area (Å²) in [4.78, 5) is 15.9. The molecule has 3 heterocycles. The van der Waals surface area contributed by atoms with E-state index in [9.17, 15) is 9.90 Å². The molecule has 3 aromatic rings. The van der Waals surface area contributed by atoms with Crippen molar-refractivity contribution < 1.29 is 9.90 Å². The number of aryl methyl sites for hydroxylation is 1. The highest BCUT2D eigenvalue weighted by molar-refractivity contribution is 6.03. The van der Waals surface area contributed by atoms with E-state index in [0.717, 1.165) is 5.69 Å². The molecule has 2 N–H and O–H groups in total. The van der Waals surface area contributed by atoms with Gasteiger partial charge in [-0.2, -0.15) is 10.2 Å². The fourth-order valence-corrected chi connectivity index (χ4v) is 2.51. The molecular formula is C16H17N5O2. The maximum absolute atomic E-state index is 11.5. The minimum atomic E-state index is -0.997. The number of hydrogen-bond acceptors (Lipinski definition) is 4. The first-order valence-electron chi connectivity index (χ1n) is 7.28. The SMILES string of the molecule is Cc1[nH]nc2nc(C=Cc3ccnn3C(C)C)cc(C(=O)O)c12. The fourth-order valence-electron chi connectivity index (χ4n) is 2.51. The van der Waals surface area contributed by atoms with Gasteiger partial charge in [0.25, 0.3) is 0 Å². The van der Waals surface area contributed by atoms with Crippen molar-refractivity contribution in [3.8, 4) is 0 Å². The third-order valence-corrected chi connectivity index (χ3v) is 3.57. The van der Waals surface area contributed by atoms with E-state index in [-0.39, 0.29) is 11.6 Å². The summed E-state index contributed by atoms with van der Waals surface area (Å²) in [6.07, 6.45) is 5.37. The summed E-state index contributed by atoms with van der Waals surface area (Å²) in [5, 5.41) is 21.1. The highest BCUT2D eigenvalue weighted by Crippen LogP contribution is 2.21. The molecule has 0 amide bonds. The van der Waals surface area contributed by atoms with Gasteiger partial charge in [-0.05, 0) is 45.1 Å². The van der Waals surface area contributed by atoms with Gasteiger partial charge < -0.3 is 5.11 Å². The molecule has 0 aliphatic heterocycles. The largest absolute Gasteiger partial charge is 0.478 e. The second kappa shape index (κ2) is 5.68. The van der Waals surface area contributed by atoms with Gasteiger partial charge in [0.15, 0.2) is 5.65 Å². The highest BCUT2D eigenvalue weighted by atomic mass is 16.4. The van der Waals surface area contributed by atoms with Crippen LogP contribution < -0.4 is 0 Å². The van der Waals surface area contributed by atoms with Crippen molar-refractivity contribution in [1.29, 1.82) is 0 Å². The van der Waals surface area contributed by atoms with Crippen molar-refractivity contribution in [2.75, 3.05) is 0 Å². The van der Waals surface area contributed by atoms with Gasteiger partial charge in [0.2, 0.25) is 0 Å².